The summed E-state index contributed by atoms with van der Waals surface area (Å²) in [4.78, 5) is 13.1. The van der Waals surface area contributed by atoms with E-state index < -0.39 is 0 Å². The van der Waals surface area contributed by atoms with Crippen LogP contribution in [0.25, 0.3) is 0 Å². The molecule has 1 aromatic carbocycles. The van der Waals surface area contributed by atoms with E-state index in [2.05, 4.69) is 0 Å². The minimum atomic E-state index is -0.364. The number of carbonyl (C=O) groups excluding carboxylic acids is 1. The highest BCUT2D eigenvalue weighted by molar-refractivity contribution is 5.81. The van der Waals surface area contributed by atoms with E-state index in [0.717, 1.165) is 5.69 Å². The lowest BCUT2D eigenvalue weighted by Crippen LogP contribution is -2.33. The number of hydrogen-bond acceptors (Lipinski definition) is 3. The van der Waals surface area contributed by atoms with Crippen LogP contribution in [0.3, 0.4) is 0 Å². The molecule has 0 saturated carbocycles. The molecule has 0 bridgehead atoms. The number of ketones is 1. The van der Waals surface area contributed by atoms with Gasteiger partial charge in [-0.15, -0.1) is 0 Å². The van der Waals surface area contributed by atoms with Crippen molar-refractivity contribution in [3.8, 4) is 5.75 Å². The molecule has 16 heavy (non-hydrogen) atoms. The molecule has 0 aromatic heterocycles. The zero-order chi connectivity index (χ0) is 11.5. The number of carbonyl (C=O) groups is 1. The van der Waals surface area contributed by atoms with E-state index in [1.165, 1.54) is 13.2 Å². The molecule has 0 N–H and O–H groups in total. The van der Waals surface area contributed by atoms with Crippen LogP contribution in [0.5, 0.6) is 5.75 Å². The first-order valence-electron chi connectivity index (χ1n) is 5.31. The summed E-state index contributed by atoms with van der Waals surface area (Å²) < 4.78 is 18.3. The van der Waals surface area contributed by atoms with E-state index in [1.807, 2.05) is 11.0 Å². The van der Waals surface area contributed by atoms with Crippen LogP contribution in [-0.4, -0.2) is 26.0 Å². The van der Waals surface area contributed by atoms with Crippen LogP contribution in [0.4, 0.5) is 10.1 Å². The van der Waals surface area contributed by atoms with Gasteiger partial charge in [0.05, 0.1) is 7.11 Å². The van der Waals surface area contributed by atoms with Gasteiger partial charge in [-0.25, -0.2) is 4.39 Å². The molecule has 1 aliphatic heterocycles. The monoisotopic (exact) mass is 223 g/mol. The van der Waals surface area contributed by atoms with E-state index in [-0.39, 0.29) is 17.3 Å². The first kappa shape index (κ1) is 10.9. The summed E-state index contributed by atoms with van der Waals surface area (Å²) in [7, 11) is 1.44. The third-order valence-corrected chi connectivity index (χ3v) is 2.82. The largest absolute Gasteiger partial charge is 0.494 e. The topological polar surface area (TPSA) is 29.5 Å². The van der Waals surface area contributed by atoms with Crippen LogP contribution in [0.2, 0.25) is 0 Å². The molecule has 1 aliphatic rings. The van der Waals surface area contributed by atoms with Crippen molar-refractivity contribution in [1.82, 2.24) is 0 Å². The lowest BCUT2D eigenvalue weighted by molar-refractivity contribution is -0.119. The van der Waals surface area contributed by atoms with Crippen molar-refractivity contribution in [2.45, 2.75) is 12.8 Å². The Morgan fingerprint density at radius 3 is 2.56 bits per heavy atom. The van der Waals surface area contributed by atoms with Gasteiger partial charge in [-0.1, -0.05) is 0 Å². The molecule has 3 nitrogen and oxygen atoms in total. The summed E-state index contributed by atoms with van der Waals surface area (Å²) in [5.74, 6) is 0.166. The second kappa shape index (κ2) is 4.51. The van der Waals surface area contributed by atoms with Crippen LogP contribution in [-0.2, 0) is 4.79 Å². The number of anilines is 1. The maximum absolute atomic E-state index is 13.5. The Morgan fingerprint density at radius 1 is 1.31 bits per heavy atom. The van der Waals surface area contributed by atoms with Gasteiger partial charge in [0.25, 0.3) is 0 Å². The van der Waals surface area contributed by atoms with Gasteiger partial charge in [0, 0.05) is 37.7 Å². The summed E-state index contributed by atoms with van der Waals surface area (Å²) >= 11 is 0. The molecule has 4 heteroatoms. The minimum Gasteiger partial charge on any atom is -0.494 e. The van der Waals surface area contributed by atoms with E-state index >= 15 is 0 Å². The smallest absolute Gasteiger partial charge is 0.167 e. The van der Waals surface area contributed by atoms with Gasteiger partial charge < -0.3 is 9.64 Å². The molecular weight excluding hydrogens is 209 g/mol. The Balaban J connectivity index is 2.15. The number of methoxy groups -OCH3 is 1. The van der Waals surface area contributed by atoms with Gasteiger partial charge in [0.15, 0.2) is 11.6 Å². The minimum absolute atomic E-state index is 0.247. The number of piperidine rings is 1. The average Bonchev–Trinajstić information content (AvgIpc) is 2.30. The summed E-state index contributed by atoms with van der Waals surface area (Å²) in [6, 6.07) is 4.88. The first-order chi connectivity index (χ1) is 7.70. The van der Waals surface area contributed by atoms with Crippen LogP contribution in [0.15, 0.2) is 18.2 Å². The zero-order valence-corrected chi connectivity index (χ0v) is 9.20. The van der Waals surface area contributed by atoms with Gasteiger partial charge in [0.1, 0.15) is 5.78 Å². The summed E-state index contributed by atoms with van der Waals surface area (Å²) in [5, 5.41) is 0. The molecule has 0 aliphatic carbocycles. The molecule has 2 rings (SSSR count). The highest BCUT2D eigenvalue weighted by Gasteiger charge is 2.17. The Kier molecular flexibility index (Phi) is 3.08. The van der Waals surface area contributed by atoms with E-state index in [1.54, 1.807) is 6.07 Å². The highest BCUT2D eigenvalue weighted by atomic mass is 19.1. The number of Topliss-reactive ketones (excluding diaryl/α,β-unsaturated/α-hetero) is 1. The Hall–Kier alpha value is -1.58. The van der Waals surface area contributed by atoms with Crippen molar-refractivity contribution in [2.24, 2.45) is 0 Å². The molecule has 0 unspecified atom stereocenters. The summed E-state index contributed by atoms with van der Waals surface area (Å²) in [6.07, 6.45) is 1.10. The normalized spacial score (nSPS) is 16.4. The highest BCUT2D eigenvalue weighted by Crippen LogP contribution is 2.25. The van der Waals surface area contributed by atoms with Gasteiger partial charge in [-0.3, -0.25) is 4.79 Å². The molecule has 0 amide bonds. The zero-order valence-electron chi connectivity index (χ0n) is 9.20. The van der Waals surface area contributed by atoms with E-state index in [0.29, 0.717) is 25.9 Å². The fourth-order valence-electron chi connectivity index (χ4n) is 1.87. The molecule has 0 atom stereocenters. The van der Waals surface area contributed by atoms with Gasteiger partial charge >= 0.3 is 0 Å². The summed E-state index contributed by atoms with van der Waals surface area (Å²) in [6.45, 7) is 1.34. The molecule has 1 fully saturated rings. The van der Waals surface area contributed by atoms with Crippen molar-refractivity contribution in [3.63, 3.8) is 0 Å². The molecule has 1 heterocycles. The van der Waals surface area contributed by atoms with Crippen LogP contribution >= 0.6 is 0 Å². The second-order valence-electron chi connectivity index (χ2n) is 3.84. The van der Waals surface area contributed by atoms with E-state index in [9.17, 15) is 9.18 Å². The predicted octanol–water partition coefficient (Wildman–Crippen LogP) is 2.00. The Morgan fingerprint density at radius 2 is 2.00 bits per heavy atom. The number of rotatable bonds is 2. The first-order valence-corrected chi connectivity index (χ1v) is 5.31. The van der Waals surface area contributed by atoms with Crippen molar-refractivity contribution in [2.75, 3.05) is 25.1 Å². The molecular formula is C12H14FNO2. The third-order valence-electron chi connectivity index (χ3n) is 2.82. The van der Waals surface area contributed by atoms with Gasteiger partial charge in [0.2, 0.25) is 0 Å². The average molecular weight is 223 g/mol. The SMILES string of the molecule is COc1ccc(N2CCC(=O)CC2)cc1F. The van der Waals surface area contributed by atoms with Gasteiger partial charge in [-0.05, 0) is 12.1 Å². The molecule has 0 spiro atoms. The van der Waals surface area contributed by atoms with Crippen molar-refractivity contribution >= 4 is 11.5 Å². The number of hydrogen-bond donors (Lipinski definition) is 0. The fraction of sp³-hybridized carbons (Fsp3) is 0.417. The number of benzene rings is 1. The van der Waals surface area contributed by atoms with E-state index in [4.69, 9.17) is 4.74 Å². The van der Waals surface area contributed by atoms with Crippen molar-refractivity contribution in [3.05, 3.63) is 24.0 Å². The predicted molar refractivity (Wildman–Crippen MR) is 59.4 cm³/mol. The van der Waals surface area contributed by atoms with Crippen LogP contribution < -0.4 is 9.64 Å². The number of ether oxygens (including phenoxy) is 1. The summed E-state index contributed by atoms with van der Waals surface area (Å²) in [5.41, 5.74) is 0.811. The molecule has 1 saturated heterocycles. The van der Waals surface area contributed by atoms with Crippen LogP contribution in [0.1, 0.15) is 12.8 Å². The third kappa shape index (κ3) is 2.15. The Bertz CT molecular complexity index is 396. The number of halogens is 1. The lowest BCUT2D eigenvalue weighted by Gasteiger charge is -2.28. The van der Waals surface area contributed by atoms with Crippen LogP contribution in [0, 0.1) is 5.82 Å². The maximum Gasteiger partial charge on any atom is 0.167 e. The van der Waals surface area contributed by atoms with Gasteiger partial charge in [-0.2, -0.15) is 0 Å². The van der Waals surface area contributed by atoms with Crippen molar-refractivity contribution < 1.29 is 13.9 Å². The molecule has 1 aromatic rings. The standard InChI is InChI=1S/C12H14FNO2/c1-16-12-3-2-9(8-11(12)13)14-6-4-10(15)5-7-14/h2-3,8H,4-7H2,1H3. The maximum atomic E-state index is 13.5. The fourth-order valence-corrected chi connectivity index (χ4v) is 1.87. The molecule has 0 radical (unpaired) electrons. The second-order valence-corrected chi connectivity index (χ2v) is 3.84. The lowest BCUT2D eigenvalue weighted by atomic mass is 10.1. The van der Waals surface area contributed by atoms with Crippen molar-refractivity contribution in [1.29, 1.82) is 0 Å². The number of nitrogens with zero attached hydrogens (tertiary/aromatic N) is 1. The quantitative estimate of drug-likeness (QED) is 0.768. The molecule has 86 valence electrons. The Labute approximate surface area is 93.8 Å².